The zero-order valence-electron chi connectivity index (χ0n) is 12.1. The smallest absolute Gasteiger partial charge is 0.341 e. The van der Waals surface area contributed by atoms with E-state index in [-0.39, 0.29) is 12.4 Å². The van der Waals surface area contributed by atoms with E-state index in [1.54, 1.807) is 30.3 Å². The summed E-state index contributed by atoms with van der Waals surface area (Å²) in [6.07, 6.45) is 0. The lowest BCUT2D eigenvalue weighted by Crippen LogP contribution is -2.06. The first-order chi connectivity index (χ1) is 10.5. The van der Waals surface area contributed by atoms with Crippen molar-refractivity contribution < 1.29 is 23.4 Å². The van der Waals surface area contributed by atoms with Gasteiger partial charge in [-0.3, -0.25) is 0 Å². The van der Waals surface area contributed by atoms with Gasteiger partial charge in [0.05, 0.1) is 18.7 Å². The Morgan fingerprint density at radius 2 is 1.95 bits per heavy atom. The van der Waals surface area contributed by atoms with Crippen LogP contribution in [0.2, 0.25) is 0 Å². The van der Waals surface area contributed by atoms with E-state index in [9.17, 15) is 9.18 Å². The monoisotopic (exact) mass is 368 g/mol. The van der Waals surface area contributed by atoms with Crippen molar-refractivity contribution >= 4 is 21.9 Å². The van der Waals surface area contributed by atoms with Crippen molar-refractivity contribution in [3.63, 3.8) is 0 Å². The summed E-state index contributed by atoms with van der Waals surface area (Å²) in [6.45, 7) is 0.177. The fraction of sp³-hybridized carbons (Fsp3) is 0.188. The van der Waals surface area contributed by atoms with Crippen molar-refractivity contribution in [2.75, 3.05) is 14.2 Å². The summed E-state index contributed by atoms with van der Waals surface area (Å²) < 4.78 is 29.1. The van der Waals surface area contributed by atoms with Crippen LogP contribution in [0, 0.1) is 5.82 Å². The van der Waals surface area contributed by atoms with E-state index in [4.69, 9.17) is 14.2 Å². The lowest BCUT2D eigenvalue weighted by molar-refractivity contribution is 0.0595. The Morgan fingerprint density at radius 3 is 2.59 bits per heavy atom. The molecule has 2 aromatic rings. The molecule has 4 nitrogen and oxygen atoms in total. The molecule has 0 fully saturated rings. The van der Waals surface area contributed by atoms with Crippen LogP contribution >= 0.6 is 15.9 Å². The van der Waals surface area contributed by atoms with Crippen LogP contribution in [-0.2, 0) is 11.3 Å². The zero-order chi connectivity index (χ0) is 16.1. The third-order valence-electron chi connectivity index (χ3n) is 2.97. The van der Waals surface area contributed by atoms with Crippen molar-refractivity contribution in [1.29, 1.82) is 0 Å². The molecule has 2 aromatic carbocycles. The van der Waals surface area contributed by atoms with Gasteiger partial charge >= 0.3 is 5.97 Å². The third-order valence-corrected chi connectivity index (χ3v) is 3.58. The predicted molar refractivity (Wildman–Crippen MR) is 82.8 cm³/mol. The number of methoxy groups -OCH3 is 2. The average Bonchev–Trinajstić information content (AvgIpc) is 2.55. The number of rotatable bonds is 5. The van der Waals surface area contributed by atoms with Crippen LogP contribution in [0.4, 0.5) is 4.39 Å². The van der Waals surface area contributed by atoms with E-state index in [1.165, 1.54) is 20.3 Å². The number of carbonyl (C=O) groups is 1. The molecule has 0 unspecified atom stereocenters. The zero-order valence-corrected chi connectivity index (χ0v) is 13.6. The summed E-state index contributed by atoms with van der Waals surface area (Å²) in [5.74, 6) is 0.0490. The molecule has 0 saturated carbocycles. The van der Waals surface area contributed by atoms with Crippen LogP contribution in [0.3, 0.4) is 0 Å². The molecule has 116 valence electrons. The molecule has 0 amide bonds. The van der Waals surface area contributed by atoms with Crippen molar-refractivity contribution in [3.05, 3.63) is 57.8 Å². The molecule has 2 rings (SSSR count). The van der Waals surface area contributed by atoms with Crippen LogP contribution in [0.1, 0.15) is 15.9 Å². The minimum absolute atomic E-state index is 0.177. The molecule has 0 radical (unpaired) electrons. The van der Waals surface area contributed by atoms with Crippen LogP contribution < -0.4 is 9.47 Å². The lowest BCUT2D eigenvalue weighted by atomic mass is 10.2. The van der Waals surface area contributed by atoms with E-state index < -0.39 is 5.97 Å². The summed E-state index contributed by atoms with van der Waals surface area (Å²) in [7, 11) is 2.82. The van der Waals surface area contributed by atoms with Crippen molar-refractivity contribution in [2.45, 2.75) is 6.61 Å². The molecular weight excluding hydrogens is 355 g/mol. The second-order valence-corrected chi connectivity index (χ2v) is 5.25. The maximum Gasteiger partial charge on any atom is 0.341 e. The van der Waals surface area contributed by atoms with Gasteiger partial charge < -0.3 is 14.2 Å². The maximum absolute atomic E-state index is 13.2. The summed E-state index contributed by atoms with van der Waals surface area (Å²) in [5, 5.41) is 0. The summed E-state index contributed by atoms with van der Waals surface area (Å²) in [5.41, 5.74) is 1.05. The maximum atomic E-state index is 13.2. The number of carbonyl (C=O) groups excluding carboxylic acids is 1. The summed E-state index contributed by atoms with van der Waals surface area (Å²) in [4.78, 5) is 11.7. The van der Waals surface area contributed by atoms with Gasteiger partial charge in [-0.2, -0.15) is 0 Å². The second-order valence-electron chi connectivity index (χ2n) is 4.39. The van der Waals surface area contributed by atoms with Crippen molar-refractivity contribution in [2.24, 2.45) is 0 Å². The Balaban J connectivity index is 2.23. The average molecular weight is 369 g/mol. The molecule has 0 aliphatic rings. The number of ether oxygens (including phenoxy) is 3. The van der Waals surface area contributed by atoms with Gasteiger partial charge in [0.2, 0.25) is 0 Å². The first-order valence-electron chi connectivity index (χ1n) is 6.38. The topological polar surface area (TPSA) is 44.8 Å². The van der Waals surface area contributed by atoms with Crippen LogP contribution in [0.25, 0.3) is 0 Å². The van der Waals surface area contributed by atoms with E-state index in [2.05, 4.69) is 15.9 Å². The number of benzene rings is 2. The Kier molecular flexibility index (Phi) is 5.38. The molecule has 22 heavy (non-hydrogen) atoms. The molecule has 0 saturated heterocycles. The number of hydrogen-bond acceptors (Lipinski definition) is 4. The first-order valence-corrected chi connectivity index (χ1v) is 7.17. The van der Waals surface area contributed by atoms with Gasteiger partial charge in [-0.05, 0) is 45.8 Å². The highest BCUT2D eigenvalue weighted by atomic mass is 79.9. The van der Waals surface area contributed by atoms with Gasteiger partial charge in [0, 0.05) is 6.07 Å². The second kappa shape index (κ2) is 7.26. The first kappa shape index (κ1) is 16.3. The molecule has 0 aliphatic heterocycles. The predicted octanol–water partition coefficient (Wildman–Crippen LogP) is 3.96. The van der Waals surface area contributed by atoms with E-state index in [1.807, 2.05) is 0 Å². The quantitative estimate of drug-likeness (QED) is 0.749. The molecule has 0 heterocycles. The number of hydrogen-bond donors (Lipinski definition) is 0. The molecule has 0 bridgehead atoms. The highest BCUT2D eigenvalue weighted by Gasteiger charge is 2.14. The van der Waals surface area contributed by atoms with Crippen LogP contribution in [0.5, 0.6) is 11.5 Å². The minimum Gasteiger partial charge on any atom is -0.497 e. The van der Waals surface area contributed by atoms with Gasteiger partial charge in [0.1, 0.15) is 29.5 Å². The molecule has 0 aliphatic carbocycles. The number of halogens is 2. The SMILES string of the molecule is COC(=O)c1ccc(OC)cc1OCc1ccc(F)c(Br)c1. The van der Waals surface area contributed by atoms with Gasteiger partial charge in [0.25, 0.3) is 0 Å². The highest BCUT2D eigenvalue weighted by Crippen LogP contribution is 2.27. The van der Waals surface area contributed by atoms with Gasteiger partial charge in [-0.25, -0.2) is 9.18 Å². The molecular formula is C16H14BrFO4. The Bertz CT molecular complexity index is 688. The van der Waals surface area contributed by atoms with E-state index in [0.29, 0.717) is 21.5 Å². The molecule has 0 atom stereocenters. The third kappa shape index (κ3) is 3.76. The lowest BCUT2D eigenvalue weighted by Gasteiger charge is -2.12. The minimum atomic E-state index is -0.502. The van der Waals surface area contributed by atoms with Crippen LogP contribution in [0.15, 0.2) is 40.9 Å². The van der Waals surface area contributed by atoms with Gasteiger partial charge in [-0.15, -0.1) is 0 Å². The summed E-state index contributed by atoms with van der Waals surface area (Å²) >= 11 is 3.12. The van der Waals surface area contributed by atoms with Gasteiger partial charge in [-0.1, -0.05) is 6.07 Å². The summed E-state index contributed by atoms with van der Waals surface area (Å²) in [6, 6.07) is 9.39. The largest absolute Gasteiger partial charge is 0.497 e. The van der Waals surface area contributed by atoms with E-state index >= 15 is 0 Å². The number of esters is 1. The fourth-order valence-corrected chi connectivity index (χ4v) is 2.24. The molecule has 0 spiro atoms. The van der Waals surface area contributed by atoms with Crippen LogP contribution in [-0.4, -0.2) is 20.2 Å². The normalized spacial score (nSPS) is 10.2. The molecule has 6 heteroatoms. The fourth-order valence-electron chi connectivity index (χ4n) is 1.82. The van der Waals surface area contributed by atoms with Gasteiger partial charge in [0.15, 0.2) is 0 Å². The molecule has 0 N–H and O–H groups in total. The van der Waals surface area contributed by atoms with Crippen molar-refractivity contribution in [1.82, 2.24) is 0 Å². The Morgan fingerprint density at radius 1 is 1.18 bits per heavy atom. The highest BCUT2D eigenvalue weighted by molar-refractivity contribution is 9.10. The van der Waals surface area contributed by atoms with E-state index in [0.717, 1.165) is 5.56 Å². The Hall–Kier alpha value is -2.08. The van der Waals surface area contributed by atoms with Crippen molar-refractivity contribution in [3.8, 4) is 11.5 Å². The molecule has 0 aromatic heterocycles. The standard InChI is InChI=1S/C16H14BrFO4/c1-20-11-4-5-12(16(19)21-2)15(8-11)22-9-10-3-6-14(18)13(17)7-10/h3-8H,9H2,1-2H3. The Labute approximate surface area is 135 Å².